The van der Waals surface area contributed by atoms with Gasteiger partial charge in [0.2, 0.25) is 0 Å². The fourth-order valence-electron chi connectivity index (χ4n) is 2.54. The molecule has 21 heavy (non-hydrogen) atoms. The highest BCUT2D eigenvalue weighted by Crippen LogP contribution is 2.22. The molecule has 0 aliphatic carbocycles. The van der Waals surface area contributed by atoms with Crippen LogP contribution < -0.4 is 0 Å². The van der Waals surface area contributed by atoms with Crippen molar-refractivity contribution >= 4 is 50.3 Å². The molecule has 0 saturated heterocycles. The number of nitrogens with zero attached hydrogens (tertiary/aromatic N) is 2. The summed E-state index contributed by atoms with van der Waals surface area (Å²) < 4.78 is 3.45. The van der Waals surface area contributed by atoms with Crippen molar-refractivity contribution in [1.29, 1.82) is 0 Å². The van der Waals surface area contributed by atoms with Gasteiger partial charge in [0, 0.05) is 23.3 Å². The van der Waals surface area contributed by atoms with E-state index in [1.54, 1.807) is 0 Å². The fourth-order valence-corrected chi connectivity index (χ4v) is 3.55. The average molecular weight is 390 g/mol. The Hall–Kier alpha value is -0.190. The quantitative estimate of drug-likeness (QED) is 0.416. The Kier molecular flexibility index (Phi) is 7.41. The number of hydrogen-bond acceptors (Lipinski definition) is 2. The summed E-state index contributed by atoms with van der Waals surface area (Å²) in [4.78, 5) is 4.73. The monoisotopic (exact) mass is 388 g/mol. The van der Waals surface area contributed by atoms with E-state index in [2.05, 4.69) is 38.9 Å². The number of thioether (sulfide) groups is 1. The van der Waals surface area contributed by atoms with E-state index >= 15 is 0 Å². The number of imidazole rings is 1. The zero-order valence-corrected chi connectivity index (χ0v) is 15.6. The van der Waals surface area contributed by atoms with Crippen LogP contribution in [0.2, 0.25) is 0 Å². The average Bonchev–Trinajstić information content (AvgIpc) is 2.80. The lowest BCUT2D eigenvalue weighted by Gasteiger charge is -2.08. The van der Waals surface area contributed by atoms with Crippen molar-refractivity contribution in [1.82, 2.24) is 9.55 Å². The molecular weight excluding hydrogens is 368 g/mol. The summed E-state index contributed by atoms with van der Waals surface area (Å²) in [5, 5.41) is 0. The van der Waals surface area contributed by atoms with Gasteiger partial charge in [-0.2, -0.15) is 11.8 Å². The van der Waals surface area contributed by atoms with E-state index in [0.29, 0.717) is 5.88 Å². The fraction of sp³-hybridized carbons (Fsp3) is 0.562. The third-order valence-corrected chi connectivity index (χ3v) is 4.97. The molecule has 0 atom stereocenters. The van der Waals surface area contributed by atoms with Crippen molar-refractivity contribution in [3.8, 4) is 0 Å². The lowest BCUT2D eigenvalue weighted by molar-refractivity contribution is 0.578. The lowest BCUT2D eigenvalue weighted by atomic mass is 10.2. The van der Waals surface area contributed by atoms with Crippen LogP contribution in [0.1, 0.15) is 31.5 Å². The predicted molar refractivity (Wildman–Crippen MR) is 98.7 cm³/mol. The minimum Gasteiger partial charge on any atom is -0.328 e. The predicted octanol–water partition coefficient (Wildman–Crippen LogP) is 5.50. The van der Waals surface area contributed by atoms with Crippen LogP contribution in [0.4, 0.5) is 0 Å². The summed E-state index contributed by atoms with van der Waals surface area (Å²) in [6.45, 7) is 1.04. The Morgan fingerprint density at radius 1 is 1.24 bits per heavy atom. The summed E-state index contributed by atoms with van der Waals surface area (Å²) in [6.07, 6.45) is 8.15. The molecule has 116 valence electrons. The number of alkyl halides is 1. The van der Waals surface area contributed by atoms with E-state index in [1.807, 2.05) is 17.8 Å². The first-order valence-corrected chi connectivity index (χ1v) is 10.2. The van der Waals surface area contributed by atoms with E-state index in [9.17, 15) is 0 Å². The topological polar surface area (TPSA) is 17.8 Å². The van der Waals surface area contributed by atoms with Crippen molar-refractivity contribution in [2.75, 3.05) is 17.9 Å². The van der Waals surface area contributed by atoms with Crippen LogP contribution in [-0.2, 0) is 13.0 Å². The molecule has 5 heteroatoms. The molecule has 0 unspecified atom stereocenters. The summed E-state index contributed by atoms with van der Waals surface area (Å²) in [5.74, 6) is 3.01. The molecule has 0 fully saturated rings. The Morgan fingerprint density at radius 2 is 2.05 bits per heavy atom. The number of benzene rings is 1. The van der Waals surface area contributed by atoms with Gasteiger partial charge in [-0.15, -0.1) is 11.6 Å². The maximum Gasteiger partial charge on any atom is 0.111 e. The summed E-state index contributed by atoms with van der Waals surface area (Å²) in [7, 11) is 0. The van der Waals surface area contributed by atoms with Gasteiger partial charge in [-0.3, -0.25) is 0 Å². The third-order valence-electron chi connectivity index (χ3n) is 3.59. The number of rotatable bonds is 9. The SMILES string of the molecule is CSCCCCCCn1c(CCCl)nc2ccc(Br)cc21. The van der Waals surface area contributed by atoms with E-state index in [-0.39, 0.29) is 0 Å². The Labute approximate surface area is 144 Å². The molecule has 0 N–H and O–H groups in total. The highest BCUT2D eigenvalue weighted by Gasteiger charge is 2.10. The molecule has 2 nitrogen and oxygen atoms in total. The molecule has 0 amide bonds. The van der Waals surface area contributed by atoms with Crippen LogP contribution in [0.25, 0.3) is 11.0 Å². The Bertz CT molecular complexity index is 571. The molecule has 0 saturated carbocycles. The molecule has 0 aliphatic heterocycles. The number of aryl methyl sites for hydroxylation is 2. The van der Waals surface area contributed by atoms with E-state index in [4.69, 9.17) is 16.6 Å². The van der Waals surface area contributed by atoms with Crippen LogP contribution in [0, 0.1) is 0 Å². The molecule has 2 aromatic rings. The molecule has 1 aromatic heterocycles. The first-order chi connectivity index (χ1) is 10.3. The molecule has 0 bridgehead atoms. The second kappa shape index (κ2) is 9.06. The lowest BCUT2D eigenvalue weighted by Crippen LogP contribution is -2.05. The summed E-state index contributed by atoms with van der Waals surface area (Å²) in [6, 6.07) is 6.28. The van der Waals surface area contributed by atoms with Crippen molar-refractivity contribution < 1.29 is 0 Å². The van der Waals surface area contributed by atoms with Crippen LogP contribution >= 0.6 is 39.3 Å². The molecule has 0 aliphatic rings. The van der Waals surface area contributed by atoms with Gasteiger partial charge in [-0.1, -0.05) is 28.8 Å². The minimum absolute atomic E-state index is 0.623. The molecule has 1 aromatic carbocycles. The highest BCUT2D eigenvalue weighted by molar-refractivity contribution is 9.10. The van der Waals surface area contributed by atoms with Crippen molar-refractivity contribution in [2.24, 2.45) is 0 Å². The van der Waals surface area contributed by atoms with Gasteiger partial charge in [0.15, 0.2) is 0 Å². The van der Waals surface area contributed by atoms with Gasteiger partial charge in [-0.05, 0) is 43.0 Å². The second-order valence-electron chi connectivity index (χ2n) is 5.16. The van der Waals surface area contributed by atoms with Gasteiger partial charge in [0.1, 0.15) is 5.82 Å². The Morgan fingerprint density at radius 3 is 2.81 bits per heavy atom. The van der Waals surface area contributed by atoms with Gasteiger partial charge in [0.05, 0.1) is 11.0 Å². The van der Waals surface area contributed by atoms with E-state index in [1.165, 1.54) is 37.0 Å². The number of halogens is 2. The second-order valence-corrected chi connectivity index (χ2v) is 7.44. The normalized spacial score (nSPS) is 11.4. The van der Waals surface area contributed by atoms with Crippen LogP contribution in [0.15, 0.2) is 22.7 Å². The summed E-state index contributed by atoms with van der Waals surface area (Å²) >= 11 is 11.4. The minimum atomic E-state index is 0.623. The highest BCUT2D eigenvalue weighted by atomic mass is 79.9. The van der Waals surface area contributed by atoms with Crippen molar-refractivity contribution in [3.05, 3.63) is 28.5 Å². The van der Waals surface area contributed by atoms with Gasteiger partial charge in [0.25, 0.3) is 0 Å². The maximum absolute atomic E-state index is 5.92. The van der Waals surface area contributed by atoms with Crippen LogP contribution in [0.5, 0.6) is 0 Å². The van der Waals surface area contributed by atoms with Gasteiger partial charge >= 0.3 is 0 Å². The molecule has 1 heterocycles. The van der Waals surface area contributed by atoms with Crippen LogP contribution in [-0.4, -0.2) is 27.4 Å². The molecule has 0 radical (unpaired) electrons. The zero-order chi connectivity index (χ0) is 15.1. The van der Waals surface area contributed by atoms with Crippen LogP contribution in [0.3, 0.4) is 0 Å². The first kappa shape index (κ1) is 17.2. The van der Waals surface area contributed by atoms with Gasteiger partial charge in [-0.25, -0.2) is 4.98 Å². The van der Waals surface area contributed by atoms with Gasteiger partial charge < -0.3 is 4.57 Å². The van der Waals surface area contributed by atoms with Crippen molar-refractivity contribution in [2.45, 2.75) is 38.6 Å². The smallest absolute Gasteiger partial charge is 0.111 e. The molecule has 0 spiro atoms. The molecule has 2 rings (SSSR count). The first-order valence-electron chi connectivity index (χ1n) is 7.46. The third kappa shape index (κ3) is 4.90. The maximum atomic E-state index is 5.92. The van der Waals surface area contributed by atoms with E-state index < -0.39 is 0 Å². The number of fused-ring (bicyclic) bond motifs is 1. The standard InChI is InChI=1S/C16H22BrClN2S/c1-21-11-5-3-2-4-10-20-15-12-13(17)6-7-14(15)19-16(20)8-9-18/h6-7,12H,2-5,8-11H2,1H3. The zero-order valence-electron chi connectivity index (χ0n) is 12.4. The number of hydrogen-bond donors (Lipinski definition) is 0. The largest absolute Gasteiger partial charge is 0.328 e. The van der Waals surface area contributed by atoms with E-state index in [0.717, 1.165) is 28.8 Å². The summed E-state index contributed by atoms with van der Waals surface area (Å²) in [5.41, 5.74) is 2.29. The number of aromatic nitrogens is 2. The Balaban J connectivity index is 2.05. The number of unbranched alkanes of at least 4 members (excludes halogenated alkanes) is 3. The molecular formula is C16H22BrClN2S. The van der Waals surface area contributed by atoms with Crippen molar-refractivity contribution in [3.63, 3.8) is 0 Å².